The lowest BCUT2D eigenvalue weighted by Crippen LogP contribution is -2.15. The number of hydrogen-bond acceptors (Lipinski definition) is 1. The maximum atomic E-state index is 13.8. The molecule has 2 N–H and O–H groups in total. The molecule has 2 aromatic carbocycles. The minimum atomic E-state index is -0.412. The van der Waals surface area contributed by atoms with Crippen LogP contribution in [0.15, 0.2) is 36.4 Å². The van der Waals surface area contributed by atoms with Crippen LogP contribution in [0.4, 0.5) is 4.39 Å². The molecule has 0 radical (unpaired) electrons. The van der Waals surface area contributed by atoms with Gasteiger partial charge in [0, 0.05) is 5.56 Å². The standard InChI is InChI=1S/C16H18FN/c1-10-8-12(3)14(9-11(10)2)16(18)13-6-4-5-7-15(13)17/h4-9,16H,18H2,1-3H3. The monoisotopic (exact) mass is 243 g/mol. The summed E-state index contributed by atoms with van der Waals surface area (Å²) in [6.45, 7) is 6.13. The highest BCUT2D eigenvalue weighted by atomic mass is 19.1. The quantitative estimate of drug-likeness (QED) is 0.853. The molecule has 2 rings (SSSR count). The number of nitrogens with two attached hydrogens (primary N) is 1. The summed E-state index contributed by atoms with van der Waals surface area (Å²) in [4.78, 5) is 0. The lowest BCUT2D eigenvalue weighted by atomic mass is 9.92. The van der Waals surface area contributed by atoms with Crippen molar-refractivity contribution < 1.29 is 4.39 Å². The first-order chi connectivity index (χ1) is 8.50. The van der Waals surface area contributed by atoms with Gasteiger partial charge in [-0.1, -0.05) is 30.3 Å². The van der Waals surface area contributed by atoms with E-state index in [2.05, 4.69) is 19.1 Å². The van der Waals surface area contributed by atoms with E-state index in [4.69, 9.17) is 5.73 Å². The average molecular weight is 243 g/mol. The molecule has 0 heterocycles. The van der Waals surface area contributed by atoms with E-state index in [0.717, 1.165) is 11.1 Å². The fourth-order valence-corrected chi connectivity index (χ4v) is 2.21. The minimum absolute atomic E-state index is 0.248. The zero-order valence-electron chi connectivity index (χ0n) is 11.0. The molecule has 94 valence electrons. The Bertz CT molecular complexity index is 575. The first-order valence-electron chi connectivity index (χ1n) is 6.08. The van der Waals surface area contributed by atoms with E-state index >= 15 is 0 Å². The Balaban J connectivity index is 2.50. The van der Waals surface area contributed by atoms with Gasteiger partial charge in [-0.2, -0.15) is 0 Å². The number of hydrogen-bond donors (Lipinski definition) is 1. The van der Waals surface area contributed by atoms with E-state index in [9.17, 15) is 4.39 Å². The summed E-state index contributed by atoms with van der Waals surface area (Å²) in [6.07, 6.45) is 0. The molecule has 0 amide bonds. The molecule has 0 bridgehead atoms. The molecule has 0 fully saturated rings. The largest absolute Gasteiger partial charge is 0.320 e. The van der Waals surface area contributed by atoms with Crippen LogP contribution in [-0.4, -0.2) is 0 Å². The van der Waals surface area contributed by atoms with E-state index in [-0.39, 0.29) is 5.82 Å². The van der Waals surface area contributed by atoms with Crippen molar-refractivity contribution >= 4 is 0 Å². The van der Waals surface area contributed by atoms with Gasteiger partial charge in [-0.25, -0.2) is 4.39 Å². The van der Waals surface area contributed by atoms with Crippen LogP contribution in [-0.2, 0) is 0 Å². The smallest absolute Gasteiger partial charge is 0.128 e. The van der Waals surface area contributed by atoms with E-state index in [1.54, 1.807) is 12.1 Å². The minimum Gasteiger partial charge on any atom is -0.320 e. The van der Waals surface area contributed by atoms with Gasteiger partial charge >= 0.3 is 0 Å². The van der Waals surface area contributed by atoms with Gasteiger partial charge in [-0.3, -0.25) is 0 Å². The molecule has 0 saturated heterocycles. The SMILES string of the molecule is Cc1cc(C)c(C(N)c2ccccc2F)cc1C. The summed E-state index contributed by atoms with van der Waals surface area (Å²) in [6, 6.07) is 10.4. The van der Waals surface area contributed by atoms with Gasteiger partial charge in [-0.05, 0) is 49.1 Å². The maximum absolute atomic E-state index is 13.8. The highest BCUT2D eigenvalue weighted by molar-refractivity contribution is 5.42. The summed E-state index contributed by atoms with van der Waals surface area (Å²) in [5.74, 6) is -0.248. The van der Waals surface area contributed by atoms with Gasteiger partial charge in [0.2, 0.25) is 0 Å². The van der Waals surface area contributed by atoms with Crippen LogP contribution in [0.1, 0.15) is 33.9 Å². The van der Waals surface area contributed by atoms with Crippen molar-refractivity contribution in [3.63, 3.8) is 0 Å². The third-order valence-electron chi connectivity index (χ3n) is 3.46. The predicted molar refractivity (Wildman–Crippen MR) is 73.1 cm³/mol. The normalized spacial score (nSPS) is 12.5. The average Bonchev–Trinajstić information content (AvgIpc) is 2.33. The molecule has 18 heavy (non-hydrogen) atoms. The van der Waals surface area contributed by atoms with Crippen molar-refractivity contribution in [3.05, 3.63) is 70.0 Å². The molecule has 0 aliphatic carbocycles. The maximum Gasteiger partial charge on any atom is 0.128 e. The van der Waals surface area contributed by atoms with Crippen molar-refractivity contribution in [2.75, 3.05) is 0 Å². The zero-order valence-corrected chi connectivity index (χ0v) is 11.0. The number of aryl methyl sites for hydroxylation is 3. The first kappa shape index (κ1) is 12.8. The second kappa shape index (κ2) is 4.91. The van der Waals surface area contributed by atoms with Crippen LogP contribution in [0.5, 0.6) is 0 Å². The second-order valence-corrected chi connectivity index (χ2v) is 4.79. The fraction of sp³-hybridized carbons (Fsp3) is 0.250. The van der Waals surface area contributed by atoms with Crippen molar-refractivity contribution in [2.45, 2.75) is 26.8 Å². The van der Waals surface area contributed by atoms with Crippen molar-refractivity contribution in [2.24, 2.45) is 5.73 Å². The molecule has 1 atom stereocenters. The summed E-state index contributed by atoms with van der Waals surface area (Å²) in [5.41, 5.74) is 11.3. The third kappa shape index (κ3) is 2.29. The number of benzene rings is 2. The molecule has 0 aromatic heterocycles. The van der Waals surface area contributed by atoms with Crippen molar-refractivity contribution in [3.8, 4) is 0 Å². The molecule has 1 nitrogen and oxygen atoms in total. The molecule has 0 aliphatic heterocycles. The van der Waals surface area contributed by atoms with E-state index < -0.39 is 6.04 Å². The Labute approximate surface area is 107 Å². The van der Waals surface area contributed by atoms with Gasteiger partial charge in [0.15, 0.2) is 0 Å². The van der Waals surface area contributed by atoms with Crippen LogP contribution in [0.25, 0.3) is 0 Å². The van der Waals surface area contributed by atoms with E-state index in [0.29, 0.717) is 5.56 Å². The number of halogens is 1. The van der Waals surface area contributed by atoms with E-state index in [1.165, 1.54) is 17.2 Å². The molecule has 2 aromatic rings. The molecule has 1 unspecified atom stereocenters. The van der Waals surface area contributed by atoms with Gasteiger partial charge in [0.1, 0.15) is 5.82 Å². The van der Waals surface area contributed by atoms with Crippen molar-refractivity contribution in [1.82, 2.24) is 0 Å². The molecule has 0 spiro atoms. The summed E-state index contributed by atoms with van der Waals surface area (Å²) in [7, 11) is 0. The van der Waals surface area contributed by atoms with Gasteiger partial charge < -0.3 is 5.73 Å². The highest BCUT2D eigenvalue weighted by Crippen LogP contribution is 2.26. The second-order valence-electron chi connectivity index (χ2n) is 4.79. The van der Waals surface area contributed by atoms with Crippen molar-refractivity contribution in [1.29, 1.82) is 0 Å². The Morgan fingerprint density at radius 1 is 0.889 bits per heavy atom. The zero-order chi connectivity index (χ0) is 13.3. The third-order valence-corrected chi connectivity index (χ3v) is 3.46. The molecule has 0 aliphatic rings. The van der Waals surface area contributed by atoms with Crippen LogP contribution in [0.3, 0.4) is 0 Å². The van der Waals surface area contributed by atoms with Crippen LogP contribution in [0, 0.1) is 26.6 Å². The van der Waals surface area contributed by atoms with E-state index in [1.807, 2.05) is 19.9 Å². The lowest BCUT2D eigenvalue weighted by molar-refractivity contribution is 0.599. The molecule has 0 saturated carbocycles. The summed E-state index contributed by atoms with van der Waals surface area (Å²) >= 11 is 0. The Hall–Kier alpha value is -1.67. The summed E-state index contributed by atoms with van der Waals surface area (Å²) < 4.78 is 13.8. The first-order valence-corrected chi connectivity index (χ1v) is 6.08. The van der Waals surface area contributed by atoms with Crippen LogP contribution >= 0.6 is 0 Å². The highest BCUT2D eigenvalue weighted by Gasteiger charge is 2.15. The lowest BCUT2D eigenvalue weighted by Gasteiger charge is -2.17. The topological polar surface area (TPSA) is 26.0 Å². The summed E-state index contributed by atoms with van der Waals surface area (Å²) in [5, 5.41) is 0. The Morgan fingerprint density at radius 3 is 2.17 bits per heavy atom. The Kier molecular flexibility index (Phi) is 3.48. The van der Waals surface area contributed by atoms with Crippen LogP contribution in [0.2, 0.25) is 0 Å². The fourth-order valence-electron chi connectivity index (χ4n) is 2.21. The molecular formula is C16H18FN. The molecular weight excluding hydrogens is 225 g/mol. The number of rotatable bonds is 2. The van der Waals surface area contributed by atoms with Gasteiger partial charge in [-0.15, -0.1) is 0 Å². The van der Waals surface area contributed by atoms with Gasteiger partial charge in [0.05, 0.1) is 6.04 Å². The van der Waals surface area contributed by atoms with Crippen LogP contribution < -0.4 is 5.73 Å². The van der Waals surface area contributed by atoms with Gasteiger partial charge in [0.25, 0.3) is 0 Å². The molecule has 2 heteroatoms. The Morgan fingerprint density at radius 2 is 1.50 bits per heavy atom. The predicted octanol–water partition coefficient (Wildman–Crippen LogP) is 3.80.